The zero-order valence-electron chi connectivity index (χ0n) is 11.2. The van der Waals surface area contributed by atoms with E-state index >= 15 is 0 Å². The Morgan fingerprint density at radius 1 is 1.00 bits per heavy atom. The number of benzene rings is 2. The highest BCUT2D eigenvalue weighted by atomic mass is 35.5. The maximum Gasteiger partial charge on any atom is 0.0457 e. The standard InChI is InChI=1S/C17H18ClN/c1-19-11-16-8-7-15(10-17(16)18)14-6-5-12-3-2-4-13(12)9-14/h5-10,19H,2-4,11H2,1H3. The number of hydrogen-bond donors (Lipinski definition) is 1. The first-order chi connectivity index (χ1) is 9.28. The second-order valence-corrected chi connectivity index (χ2v) is 5.58. The fourth-order valence-electron chi connectivity index (χ4n) is 2.81. The highest BCUT2D eigenvalue weighted by molar-refractivity contribution is 6.31. The molecule has 0 amide bonds. The van der Waals surface area contributed by atoms with Gasteiger partial charge in [-0.15, -0.1) is 0 Å². The molecule has 0 saturated carbocycles. The Hall–Kier alpha value is -1.31. The van der Waals surface area contributed by atoms with Crippen LogP contribution in [0.3, 0.4) is 0 Å². The van der Waals surface area contributed by atoms with Gasteiger partial charge in [-0.2, -0.15) is 0 Å². The van der Waals surface area contributed by atoms with Crippen molar-refractivity contribution in [1.82, 2.24) is 5.32 Å². The van der Waals surface area contributed by atoms with Crippen LogP contribution >= 0.6 is 11.6 Å². The molecule has 2 heteroatoms. The van der Waals surface area contributed by atoms with Gasteiger partial charge in [0.1, 0.15) is 0 Å². The van der Waals surface area contributed by atoms with Crippen LogP contribution in [0, 0.1) is 0 Å². The molecule has 0 spiro atoms. The van der Waals surface area contributed by atoms with Gasteiger partial charge in [-0.1, -0.05) is 41.9 Å². The maximum absolute atomic E-state index is 6.34. The van der Waals surface area contributed by atoms with Gasteiger partial charge in [0, 0.05) is 11.6 Å². The van der Waals surface area contributed by atoms with Crippen molar-refractivity contribution in [2.45, 2.75) is 25.8 Å². The van der Waals surface area contributed by atoms with Crippen LogP contribution in [0.5, 0.6) is 0 Å². The van der Waals surface area contributed by atoms with Crippen LogP contribution < -0.4 is 5.32 Å². The molecule has 98 valence electrons. The van der Waals surface area contributed by atoms with Gasteiger partial charge in [0.25, 0.3) is 0 Å². The van der Waals surface area contributed by atoms with Gasteiger partial charge in [0.05, 0.1) is 0 Å². The van der Waals surface area contributed by atoms with Gasteiger partial charge in [-0.3, -0.25) is 0 Å². The number of aryl methyl sites for hydroxylation is 2. The molecule has 0 aromatic heterocycles. The van der Waals surface area contributed by atoms with E-state index in [-0.39, 0.29) is 0 Å². The Morgan fingerprint density at radius 3 is 2.53 bits per heavy atom. The molecule has 0 aliphatic heterocycles. The molecule has 2 aromatic carbocycles. The fourth-order valence-corrected chi connectivity index (χ4v) is 3.06. The van der Waals surface area contributed by atoms with Crippen molar-refractivity contribution < 1.29 is 0 Å². The van der Waals surface area contributed by atoms with E-state index in [2.05, 4.69) is 41.7 Å². The van der Waals surface area contributed by atoms with Crippen molar-refractivity contribution in [3.05, 3.63) is 58.1 Å². The average Bonchev–Trinajstić information content (AvgIpc) is 2.88. The molecule has 0 saturated heterocycles. The molecule has 2 aromatic rings. The third kappa shape index (κ3) is 2.54. The number of halogens is 1. The highest BCUT2D eigenvalue weighted by Gasteiger charge is 2.11. The minimum atomic E-state index is 0.809. The van der Waals surface area contributed by atoms with E-state index in [4.69, 9.17) is 11.6 Å². The molecule has 1 N–H and O–H groups in total. The lowest BCUT2D eigenvalue weighted by molar-refractivity contribution is 0.818. The lowest BCUT2D eigenvalue weighted by atomic mass is 9.99. The number of nitrogens with one attached hydrogen (secondary N) is 1. The number of hydrogen-bond acceptors (Lipinski definition) is 1. The first-order valence-electron chi connectivity index (χ1n) is 6.83. The smallest absolute Gasteiger partial charge is 0.0457 e. The molecule has 0 fully saturated rings. The lowest BCUT2D eigenvalue weighted by Crippen LogP contribution is -2.05. The van der Waals surface area contributed by atoms with Crippen LogP contribution in [0.25, 0.3) is 11.1 Å². The summed E-state index contributed by atoms with van der Waals surface area (Å²) in [5.41, 5.74) is 6.65. The van der Waals surface area contributed by atoms with E-state index in [1.165, 1.54) is 41.5 Å². The van der Waals surface area contributed by atoms with Crippen molar-refractivity contribution in [3.8, 4) is 11.1 Å². The molecule has 0 atom stereocenters. The van der Waals surface area contributed by atoms with Crippen LogP contribution in [-0.2, 0) is 19.4 Å². The molecular formula is C17H18ClN. The van der Waals surface area contributed by atoms with Crippen LogP contribution in [0.4, 0.5) is 0 Å². The Kier molecular flexibility index (Phi) is 3.58. The summed E-state index contributed by atoms with van der Waals surface area (Å²) in [5, 5.41) is 3.97. The summed E-state index contributed by atoms with van der Waals surface area (Å²) in [6, 6.07) is 13.2. The largest absolute Gasteiger partial charge is 0.316 e. The summed E-state index contributed by atoms with van der Waals surface area (Å²) in [5.74, 6) is 0. The molecule has 0 radical (unpaired) electrons. The van der Waals surface area contributed by atoms with Crippen LogP contribution in [0.2, 0.25) is 5.02 Å². The predicted octanol–water partition coefficient (Wildman–Crippen LogP) is 4.22. The lowest BCUT2D eigenvalue weighted by Gasteiger charge is -2.09. The SMILES string of the molecule is CNCc1ccc(-c2ccc3c(c2)CCC3)cc1Cl. The van der Waals surface area contributed by atoms with E-state index in [1.807, 2.05) is 7.05 Å². The van der Waals surface area contributed by atoms with Crippen molar-refractivity contribution in [1.29, 1.82) is 0 Å². The highest BCUT2D eigenvalue weighted by Crippen LogP contribution is 2.30. The minimum absolute atomic E-state index is 0.809. The van der Waals surface area contributed by atoms with Crippen LogP contribution in [-0.4, -0.2) is 7.05 Å². The Labute approximate surface area is 119 Å². The monoisotopic (exact) mass is 271 g/mol. The zero-order valence-corrected chi connectivity index (χ0v) is 11.9. The molecule has 1 aliphatic rings. The maximum atomic E-state index is 6.34. The minimum Gasteiger partial charge on any atom is -0.316 e. The third-order valence-corrected chi connectivity index (χ3v) is 4.20. The summed E-state index contributed by atoms with van der Waals surface area (Å²) < 4.78 is 0. The fraction of sp³-hybridized carbons (Fsp3) is 0.294. The first kappa shape index (κ1) is 12.7. The van der Waals surface area contributed by atoms with Crippen molar-refractivity contribution in [3.63, 3.8) is 0 Å². The van der Waals surface area contributed by atoms with Gasteiger partial charge >= 0.3 is 0 Å². The van der Waals surface area contributed by atoms with Gasteiger partial charge < -0.3 is 5.32 Å². The second-order valence-electron chi connectivity index (χ2n) is 5.17. The van der Waals surface area contributed by atoms with Crippen molar-refractivity contribution in [2.75, 3.05) is 7.05 Å². The molecule has 1 aliphatic carbocycles. The summed E-state index contributed by atoms with van der Waals surface area (Å²) >= 11 is 6.34. The van der Waals surface area contributed by atoms with E-state index in [0.29, 0.717) is 0 Å². The van der Waals surface area contributed by atoms with Gasteiger partial charge in [-0.25, -0.2) is 0 Å². The predicted molar refractivity (Wildman–Crippen MR) is 81.7 cm³/mol. The Balaban J connectivity index is 1.96. The van der Waals surface area contributed by atoms with Crippen molar-refractivity contribution in [2.24, 2.45) is 0 Å². The number of fused-ring (bicyclic) bond motifs is 1. The van der Waals surface area contributed by atoms with E-state index in [0.717, 1.165) is 17.1 Å². The molecule has 0 bridgehead atoms. The van der Waals surface area contributed by atoms with Crippen LogP contribution in [0.1, 0.15) is 23.1 Å². The third-order valence-electron chi connectivity index (χ3n) is 3.85. The number of rotatable bonds is 3. The quantitative estimate of drug-likeness (QED) is 0.882. The molecule has 3 rings (SSSR count). The summed E-state index contributed by atoms with van der Waals surface area (Å²) in [7, 11) is 1.94. The van der Waals surface area contributed by atoms with E-state index < -0.39 is 0 Å². The Morgan fingerprint density at radius 2 is 1.74 bits per heavy atom. The van der Waals surface area contributed by atoms with Gasteiger partial charge in [-0.05, 0) is 60.2 Å². The van der Waals surface area contributed by atoms with Gasteiger partial charge in [0.2, 0.25) is 0 Å². The zero-order chi connectivity index (χ0) is 13.2. The van der Waals surface area contributed by atoms with E-state index in [9.17, 15) is 0 Å². The topological polar surface area (TPSA) is 12.0 Å². The summed E-state index contributed by atoms with van der Waals surface area (Å²) in [4.78, 5) is 0. The molecular weight excluding hydrogens is 254 g/mol. The summed E-state index contributed by atoms with van der Waals surface area (Å²) in [6.07, 6.45) is 3.74. The summed E-state index contributed by atoms with van der Waals surface area (Å²) in [6.45, 7) is 0.809. The molecule has 0 unspecified atom stereocenters. The molecule has 19 heavy (non-hydrogen) atoms. The van der Waals surface area contributed by atoms with Gasteiger partial charge in [0.15, 0.2) is 0 Å². The second kappa shape index (κ2) is 5.36. The molecule has 0 heterocycles. The first-order valence-corrected chi connectivity index (χ1v) is 7.21. The Bertz CT molecular complexity index is 604. The van der Waals surface area contributed by atoms with E-state index in [1.54, 1.807) is 0 Å². The van der Waals surface area contributed by atoms with Crippen LogP contribution in [0.15, 0.2) is 36.4 Å². The molecule has 1 nitrogen and oxygen atoms in total. The normalized spacial score (nSPS) is 13.6. The van der Waals surface area contributed by atoms with Crippen molar-refractivity contribution >= 4 is 11.6 Å². The average molecular weight is 272 g/mol.